The van der Waals surface area contributed by atoms with E-state index in [-0.39, 0.29) is 61.9 Å². The second-order valence-electron chi connectivity index (χ2n) is 18.7. The Labute approximate surface area is 406 Å². The van der Waals surface area contributed by atoms with E-state index >= 15 is 0 Å². The van der Waals surface area contributed by atoms with E-state index in [1.54, 1.807) is 58.2 Å². The summed E-state index contributed by atoms with van der Waals surface area (Å²) in [6.07, 6.45) is 5.62. The number of imidazole rings is 1. The molecule has 3 amide bonds. The van der Waals surface area contributed by atoms with Gasteiger partial charge in [0.05, 0.1) is 69.3 Å². The lowest BCUT2D eigenvalue weighted by molar-refractivity contribution is -0.144. The number of aliphatic hydroxyl groups excluding tert-OH is 1. The van der Waals surface area contributed by atoms with Gasteiger partial charge >= 0.3 is 0 Å². The molecule has 1 saturated heterocycles. The number of ether oxygens (including phenoxy) is 1. The average Bonchev–Trinajstić information content (AvgIpc) is 4.13. The van der Waals surface area contributed by atoms with Gasteiger partial charge in [-0.1, -0.05) is 62.4 Å². The molecule has 2 aromatic carbocycles. The number of hydrogen-bond donors (Lipinski definition) is 3. The molecule has 1 aliphatic heterocycles. The molecule has 366 valence electrons. The number of carbonyl (C=O) groups is 3. The van der Waals surface area contributed by atoms with Crippen molar-refractivity contribution < 1.29 is 32.6 Å². The van der Waals surface area contributed by atoms with Crippen LogP contribution in [0, 0.1) is 19.3 Å². The zero-order valence-corrected chi connectivity index (χ0v) is 41.8. The topological polar surface area (TPSA) is 229 Å². The van der Waals surface area contributed by atoms with Gasteiger partial charge in [0.25, 0.3) is 0 Å². The SMILES string of the molecule is Cc1ncsc1-c1ccc(CNC(=O)[C@@H]2C[C@@H](O)CN2C(=O)[C@@H](NC(=O)COCCn2cc(CCCS(=O)(=O)c3ccc(Cc4nccc(-c5cnc(C)n5C(C)C)n4)cc3)nn2)C(C)(C)C)cc1. The van der Waals surface area contributed by atoms with E-state index in [1.807, 2.05) is 71.1 Å². The first kappa shape index (κ1) is 50.7. The molecule has 1 aliphatic rings. The first-order chi connectivity index (χ1) is 32.9. The van der Waals surface area contributed by atoms with E-state index in [4.69, 9.17) is 9.72 Å². The Morgan fingerprint density at radius 2 is 1.72 bits per heavy atom. The summed E-state index contributed by atoms with van der Waals surface area (Å²) in [5.41, 5.74) is 7.15. The molecule has 3 N–H and O–H groups in total. The summed E-state index contributed by atoms with van der Waals surface area (Å²) in [7, 11) is -3.56. The highest BCUT2D eigenvalue weighted by Gasteiger charge is 2.44. The van der Waals surface area contributed by atoms with Gasteiger partial charge in [-0.2, -0.15) is 0 Å². The van der Waals surface area contributed by atoms with Crippen LogP contribution in [0.15, 0.2) is 83.6 Å². The van der Waals surface area contributed by atoms with E-state index in [0.29, 0.717) is 30.8 Å². The molecule has 0 unspecified atom stereocenters. The van der Waals surface area contributed by atoms with Crippen molar-refractivity contribution in [1.82, 2.24) is 55.0 Å². The lowest BCUT2D eigenvalue weighted by Crippen LogP contribution is -2.58. The Bertz CT molecular complexity index is 2830. The van der Waals surface area contributed by atoms with Crippen molar-refractivity contribution in [2.75, 3.05) is 25.5 Å². The van der Waals surface area contributed by atoms with E-state index in [9.17, 15) is 27.9 Å². The number of aliphatic hydroxyl groups is 1. The van der Waals surface area contributed by atoms with Gasteiger partial charge in [0.2, 0.25) is 17.7 Å². The number of carbonyl (C=O) groups excluding carboxylic acids is 3. The Morgan fingerprint density at radius 3 is 2.42 bits per heavy atom. The maximum absolute atomic E-state index is 14.0. The summed E-state index contributed by atoms with van der Waals surface area (Å²) in [6.45, 7) is 13.8. The number of hydrogen-bond acceptors (Lipinski definition) is 14. The molecule has 18 nitrogen and oxygen atoms in total. The Balaban J connectivity index is 0.831. The van der Waals surface area contributed by atoms with Gasteiger partial charge in [-0.05, 0) is 80.8 Å². The molecular weight excluding hydrogens is 919 g/mol. The molecule has 0 saturated carbocycles. The number of nitrogens with zero attached hydrogens (tertiary/aromatic N) is 9. The maximum Gasteiger partial charge on any atom is 0.246 e. The number of aryl methyl sites for hydroxylation is 3. The number of β-amino-alcohol motifs (C(OH)–C–C–N with tert-alkyl or cyclic N) is 1. The number of likely N-dealkylation sites (tertiary alicyclic amines) is 1. The summed E-state index contributed by atoms with van der Waals surface area (Å²) in [5.74, 6) is 0.0871. The monoisotopic (exact) mass is 979 g/mol. The van der Waals surface area contributed by atoms with E-state index in [1.165, 1.54) is 4.90 Å². The minimum absolute atomic E-state index is 0.0382. The van der Waals surface area contributed by atoms with Crippen LogP contribution < -0.4 is 10.6 Å². The molecule has 7 rings (SSSR count). The minimum Gasteiger partial charge on any atom is -0.391 e. The van der Waals surface area contributed by atoms with Crippen molar-refractivity contribution in [2.24, 2.45) is 5.41 Å². The fraction of sp³-hybridized carbons (Fsp3) is 0.449. The second kappa shape index (κ2) is 22.0. The third-order valence-corrected chi connectivity index (χ3v) is 14.7. The van der Waals surface area contributed by atoms with Crippen LogP contribution in [0.25, 0.3) is 21.8 Å². The van der Waals surface area contributed by atoms with Crippen LogP contribution in [-0.2, 0) is 54.9 Å². The summed E-state index contributed by atoms with van der Waals surface area (Å²) in [5, 5.41) is 24.6. The molecule has 3 atom stereocenters. The van der Waals surface area contributed by atoms with Crippen molar-refractivity contribution in [2.45, 2.75) is 116 Å². The lowest BCUT2D eigenvalue weighted by Gasteiger charge is -2.35. The fourth-order valence-electron chi connectivity index (χ4n) is 8.35. The van der Waals surface area contributed by atoms with Crippen LogP contribution in [0.2, 0.25) is 0 Å². The largest absolute Gasteiger partial charge is 0.391 e. The fourth-order valence-corrected chi connectivity index (χ4v) is 10.5. The highest BCUT2D eigenvalue weighted by molar-refractivity contribution is 7.91. The molecule has 0 bridgehead atoms. The van der Waals surface area contributed by atoms with Crippen LogP contribution in [0.3, 0.4) is 0 Å². The van der Waals surface area contributed by atoms with Crippen LogP contribution >= 0.6 is 11.3 Å². The molecule has 0 radical (unpaired) electrons. The number of rotatable bonds is 20. The number of benzene rings is 2. The van der Waals surface area contributed by atoms with Gasteiger partial charge in [-0.3, -0.25) is 14.4 Å². The zero-order valence-electron chi connectivity index (χ0n) is 40.1. The van der Waals surface area contributed by atoms with Crippen molar-refractivity contribution in [3.63, 3.8) is 0 Å². The lowest BCUT2D eigenvalue weighted by atomic mass is 9.85. The van der Waals surface area contributed by atoms with Gasteiger partial charge in [-0.25, -0.2) is 33.0 Å². The molecule has 1 fully saturated rings. The number of sulfone groups is 1. The van der Waals surface area contributed by atoms with Crippen LogP contribution in [0.5, 0.6) is 0 Å². The zero-order chi connectivity index (χ0) is 49.5. The van der Waals surface area contributed by atoms with Gasteiger partial charge in [0.15, 0.2) is 9.84 Å². The molecule has 0 spiro atoms. The predicted molar refractivity (Wildman–Crippen MR) is 260 cm³/mol. The molecule has 0 aliphatic carbocycles. The van der Waals surface area contributed by atoms with Crippen LogP contribution in [0.1, 0.15) is 87.7 Å². The number of aromatic nitrogens is 8. The predicted octanol–water partition coefficient (Wildman–Crippen LogP) is 5.08. The van der Waals surface area contributed by atoms with Crippen molar-refractivity contribution in [3.05, 3.63) is 113 Å². The van der Waals surface area contributed by atoms with E-state index in [0.717, 1.165) is 44.5 Å². The number of thiazole rings is 1. The van der Waals surface area contributed by atoms with Crippen molar-refractivity contribution >= 4 is 38.9 Å². The molecule has 4 aromatic heterocycles. The normalized spacial score (nSPS) is 15.7. The summed E-state index contributed by atoms with van der Waals surface area (Å²) in [4.78, 5) is 61.3. The Kier molecular flexibility index (Phi) is 16.2. The highest BCUT2D eigenvalue weighted by atomic mass is 32.2. The first-order valence-corrected chi connectivity index (χ1v) is 25.6. The molecule has 5 heterocycles. The molecule has 69 heavy (non-hydrogen) atoms. The maximum atomic E-state index is 14.0. The second-order valence-corrected chi connectivity index (χ2v) is 21.7. The van der Waals surface area contributed by atoms with Crippen LogP contribution in [-0.4, -0.2) is 119 Å². The van der Waals surface area contributed by atoms with Gasteiger partial charge in [0, 0.05) is 44.4 Å². The third-order valence-electron chi connectivity index (χ3n) is 12.0. The molecule has 6 aromatic rings. The van der Waals surface area contributed by atoms with Gasteiger partial charge < -0.3 is 29.9 Å². The third kappa shape index (κ3) is 12.9. The number of amides is 3. The van der Waals surface area contributed by atoms with Crippen molar-refractivity contribution in [3.8, 4) is 21.8 Å². The quantitative estimate of drug-likeness (QED) is 0.0850. The van der Waals surface area contributed by atoms with E-state index in [2.05, 4.69) is 54.3 Å². The highest BCUT2D eigenvalue weighted by Crippen LogP contribution is 2.29. The minimum atomic E-state index is -3.56. The van der Waals surface area contributed by atoms with Gasteiger partial charge in [-0.15, -0.1) is 16.4 Å². The molecule has 20 heteroatoms. The summed E-state index contributed by atoms with van der Waals surface area (Å²) < 4.78 is 35.8. The standard InChI is InChI=1S/C49H61N11O7S2/c1-31(2)60-33(4)51-26-42(60)40-18-19-50-43(54-40)23-34-12-16-39(17-13-34)69(65,66)22-8-9-37-27-58(57-56-37)20-21-67-29-44(62)55-46(49(5,6)7)48(64)59-28-38(61)24-41(59)47(63)52-25-35-10-14-36(15-11-35)45-32(3)53-30-68-45/h10-19,26-27,30-31,38,41,46,61H,8-9,20-25,28-29H2,1-7H3,(H,52,63)(H,55,62)/t38-,41+,46-/m1/s1. The Morgan fingerprint density at radius 1 is 0.986 bits per heavy atom. The van der Waals surface area contributed by atoms with E-state index < -0.39 is 45.3 Å². The summed E-state index contributed by atoms with van der Waals surface area (Å²) in [6, 6.07) is 14.8. The van der Waals surface area contributed by atoms with Gasteiger partial charge in [0.1, 0.15) is 30.3 Å². The summed E-state index contributed by atoms with van der Waals surface area (Å²) >= 11 is 1.56. The number of nitrogens with one attached hydrogen (secondary N) is 2. The van der Waals surface area contributed by atoms with Crippen molar-refractivity contribution in [1.29, 1.82) is 0 Å². The average molecular weight is 980 g/mol. The first-order valence-electron chi connectivity index (χ1n) is 23.1. The molecular formula is C49H61N11O7S2. The smallest absolute Gasteiger partial charge is 0.246 e. The van der Waals surface area contributed by atoms with Crippen LogP contribution in [0.4, 0.5) is 0 Å². The Hall–Kier alpha value is -6.22.